The van der Waals surface area contributed by atoms with Crippen LogP contribution in [0.5, 0.6) is 11.5 Å². The Morgan fingerprint density at radius 3 is 2.68 bits per heavy atom. The van der Waals surface area contributed by atoms with Gasteiger partial charge in [-0.2, -0.15) is 0 Å². The average Bonchev–Trinajstić information content (AvgIpc) is 3.49. The van der Waals surface area contributed by atoms with Crippen LogP contribution in [0, 0.1) is 6.92 Å². The SMILES string of the molecule is Cc1noc2nc(C3CC3)cc(C(=O)Nc3cc4c(cc3Cl)OCCCO4)c12. The van der Waals surface area contributed by atoms with Gasteiger partial charge in [0.05, 0.1) is 40.6 Å². The normalized spacial score (nSPS) is 16.1. The van der Waals surface area contributed by atoms with E-state index >= 15 is 0 Å². The smallest absolute Gasteiger partial charge is 0.259 e. The number of ether oxygens (including phenoxy) is 2. The van der Waals surface area contributed by atoms with Crippen LogP contribution in [0.2, 0.25) is 5.02 Å². The summed E-state index contributed by atoms with van der Waals surface area (Å²) in [6, 6.07) is 5.19. The third-order valence-electron chi connectivity index (χ3n) is 4.96. The molecule has 1 aliphatic carbocycles. The lowest BCUT2D eigenvalue weighted by Crippen LogP contribution is -2.14. The van der Waals surface area contributed by atoms with Gasteiger partial charge < -0.3 is 19.3 Å². The van der Waals surface area contributed by atoms with Crippen LogP contribution in [0.4, 0.5) is 5.69 Å². The van der Waals surface area contributed by atoms with Crippen molar-refractivity contribution in [3.05, 3.63) is 40.2 Å². The highest BCUT2D eigenvalue weighted by atomic mass is 35.5. The Labute approximate surface area is 166 Å². The van der Waals surface area contributed by atoms with Crippen molar-refractivity contribution in [3.63, 3.8) is 0 Å². The maximum absolute atomic E-state index is 13.1. The summed E-state index contributed by atoms with van der Waals surface area (Å²) in [6.07, 6.45) is 2.93. The number of aryl methyl sites for hydroxylation is 1. The van der Waals surface area contributed by atoms with Gasteiger partial charge in [0.15, 0.2) is 11.5 Å². The van der Waals surface area contributed by atoms with Gasteiger partial charge in [-0.25, -0.2) is 4.98 Å². The molecule has 1 aliphatic heterocycles. The van der Waals surface area contributed by atoms with Crippen molar-refractivity contribution in [2.45, 2.75) is 32.1 Å². The third-order valence-corrected chi connectivity index (χ3v) is 5.28. The molecule has 144 valence electrons. The molecule has 28 heavy (non-hydrogen) atoms. The van der Waals surface area contributed by atoms with Gasteiger partial charge in [0.2, 0.25) is 0 Å². The molecule has 0 atom stereocenters. The summed E-state index contributed by atoms with van der Waals surface area (Å²) in [5.41, 5.74) is 2.81. The molecule has 0 spiro atoms. The highest BCUT2D eigenvalue weighted by Gasteiger charge is 2.29. The van der Waals surface area contributed by atoms with E-state index in [1.807, 2.05) is 6.07 Å². The number of hydrogen-bond donors (Lipinski definition) is 1. The second-order valence-corrected chi connectivity index (χ2v) is 7.51. The first kappa shape index (κ1) is 17.3. The maximum atomic E-state index is 13.1. The molecule has 3 heterocycles. The fourth-order valence-electron chi connectivity index (χ4n) is 3.35. The van der Waals surface area contributed by atoms with Gasteiger partial charge >= 0.3 is 0 Å². The van der Waals surface area contributed by atoms with Crippen molar-refractivity contribution in [1.29, 1.82) is 0 Å². The molecule has 8 heteroatoms. The lowest BCUT2D eigenvalue weighted by Gasteiger charge is -2.13. The highest BCUT2D eigenvalue weighted by Crippen LogP contribution is 2.41. The van der Waals surface area contributed by atoms with Gasteiger partial charge in [0, 0.05) is 30.2 Å². The number of amides is 1. The topological polar surface area (TPSA) is 86.5 Å². The van der Waals surface area contributed by atoms with Crippen LogP contribution < -0.4 is 14.8 Å². The average molecular weight is 400 g/mol. The largest absolute Gasteiger partial charge is 0.490 e. The number of pyridine rings is 1. The van der Waals surface area contributed by atoms with Gasteiger partial charge in [-0.15, -0.1) is 0 Å². The van der Waals surface area contributed by atoms with E-state index in [4.69, 9.17) is 25.6 Å². The van der Waals surface area contributed by atoms with E-state index in [0.717, 1.165) is 25.0 Å². The Morgan fingerprint density at radius 1 is 1.18 bits per heavy atom. The van der Waals surface area contributed by atoms with Crippen molar-refractivity contribution in [2.24, 2.45) is 0 Å². The number of benzene rings is 1. The van der Waals surface area contributed by atoms with Gasteiger partial charge in [-0.1, -0.05) is 16.8 Å². The molecule has 1 saturated carbocycles. The van der Waals surface area contributed by atoms with Crippen LogP contribution in [0.1, 0.15) is 46.9 Å². The van der Waals surface area contributed by atoms with E-state index < -0.39 is 0 Å². The Kier molecular flexibility index (Phi) is 4.12. The number of carbonyl (C=O) groups is 1. The number of carbonyl (C=O) groups excluding carboxylic acids is 1. The summed E-state index contributed by atoms with van der Waals surface area (Å²) in [4.78, 5) is 17.6. The van der Waals surface area contributed by atoms with Crippen molar-refractivity contribution in [1.82, 2.24) is 10.1 Å². The standard InChI is InChI=1S/C20H18ClN3O4/c1-10-18-12(7-14(11-3-4-11)23-20(18)28-24-10)19(25)22-15-9-17-16(8-13(15)21)26-5-2-6-27-17/h7-9,11H,2-6H2,1H3,(H,22,25). The molecule has 5 rings (SSSR count). The van der Waals surface area contributed by atoms with Crippen molar-refractivity contribution < 1.29 is 18.8 Å². The molecule has 3 aromatic rings. The molecule has 2 aliphatic rings. The number of fused-ring (bicyclic) bond motifs is 2. The quantitative estimate of drug-likeness (QED) is 0.699. The molecular weight excluding hydrogens is 382 g/mol. The van der Waals surface area contributed by atoms with E-state index in [0.29, 0.717) is 63.7 Å². The summed E-state index contributed by atoms with van der Waals surface area (Å²) in [6.45, 7) is 2.92. The van der Waals surface area contributed by atoms with Crippen LogP contribution in [0.25, 0.3) is 11.1 Å². The molecule has 0 saturated heterocycles. The summed E-state index contributed by atoms with van der Waals surface area (Å²) >= 11 is 6.37. The molecule has 2 aromatic heterocycles. The summed E-state index contributed by atoms with van der Waals surface area (Å²) < 4.78 is 16.6. The minimum absolute atomic E-state index is 0.294. The van der Waals surface area contributed by atoms with Crippen LogP contribution in [0.3, 0.4) is 0 Å². The van der Waals surface area contributed by atoms with Gasteiger partial charge in [0.25, 0.3) is 11.6 Å². The van der Waals surface area contributed by atoms with Gasteiger partial charge in [-0.3, -0.25) is 4.79 Å². The number of nitrogens with zero attached hydrogens (tertiary/aromatic N) is 2. The predicted molar refractivity (Wildman–Crippen MR) is 104 cm³/mol. The second kappa shape index (κ2) is 6.67. The van der Waals surface area contributed by atoms with Crippen LogP contribution in [-0.2, 0) is 0 Å². The monoisotopic (exact) mass is 399 g/mol. The molecule has 1 N–H and O–H groups in total. The van der Waals surface area contributed by atoms with Crippen LogP contribution in [0.15, 0.2) is 22.7 Å². The van der Waals surface area contributed by atoms with Gasteiger partial charge in [-0.05, 0) is 25.8 Å². The summed E-state index contributed by atoms with van der Waals surface area (Å²) in [5, 5.41) is 7.86. The fraction of sp³-hybridized carbons (Fsp3) is 0.350. The first-order chi connectivity index (χ1) is 13.6. The van der Waals surface area contributed by atoms with E-state index in [1.54, 1.807) is 19.1 Å². The molecule has 0 bridgehead atoms. The molecule has 0 unspecified atom stereocenters. The summed E-state index contributed by atoms with van der Waals surface area (Å²) in [5.74, 6) is 1.23. The number of nitrogens with one attached hydrogen (secondary N) is 1. The Balaban J connectivity index is 1.52. The van der Waals surface area contributed by atoms with Gasteiger partial charge in [0.1, 0.15) is 0 Å². The number of anilines is 1. The zero-order chi connectivity index (χ0) is 19.3. The second-order valence-electron chi connectivity index (χ2n) is 7.10. The maximum Gasteiger partial charge on any atom is 0.259 e. The Bertz CT molecular complexity index is 1090. The Hall–Kier alpha value is -2.80. The van der Waals surface area contributed by atoms with E-state index in [9.17, 15) is 4.79 Å². The molecule has 7 nitrogen and oxygen atoms in total. The van der Waals surface area contributed by atoms with Crippen LogP contribution >= 0.6 is 11.6 Å². The first-order valence-electron chi connectivity index (χ1n) is 9.27. The van der Waals surface area contributed by atoms with E-state index in [2.05, 4.69) is 15.5 Å². The lowest BCUT2D eigenvalue weighted by molar-refractivity contribution is 0.102. The molecule has 1 fully saturated rings. The Morgan fingerprint density at radius 2 is 1.93 bits per heavy atom. The number of rotatable bonds is 3. The molecule has 0 radical (unpaired) electrons. The van der Waals surface area contributed by atoms with E-state index in [1.165, 1.54) is 0 Å². The molecule has 1 aromatic carbocycles. The van der Waals surface area contributed by atoms with Crippen molar-refractivity contribution in [3.8, 4) is 11.5 Å². The highest BCUT2D eigenvalue weighted by molar-refractivity contribution is 6.34. The van der Waals surface area contributed by atoms with Crippen LogP contribution in [-0.4, -0.2) is 29.3 Å². The van der Waals surface area contributed by atoms with E-state index in [-0.39, 0.29) is 5.91 Å². The molecular formula is C20H18ClN3O4. The molecule has 1 amide bonds. The van der Waals surface area contributed by atoms with Crippen molar-refractivity contribution >= 4 is 34.3 Å². The lowest BCUT2D eigenvalue weighted by atomic mass is 10.1. The first-order valence-corrected chi connectivity index (χ1v) is 9.65. The summed E-state index contributed by atoms with van der Waals surface area (Å²) in [7, 11) is 0. The number of aromatic nitrogens is 2. The zero-order valence-electron chi connectivity index (χ0n) is 15.3. The third kappa shape index (κ3) is 3.05. The van der Waals surface area contributed by atoms with Crippen molar-refractivity contribution in [2.75, 3.05) is 18.5 Å². The number of hydrogen-bond acceptors (Lipinski definition) is 6. The number of halogens is 1. The fourth-order valence-corrected chi connectivity index (χ4v) is 3.55. The zero-order valence-corrected chi connectivity index (χ0v) is 16.0. The predicted octanol–water partition coefficient (Wildman–Crippen LogP) is 4.48. The minimum atomic E-state index is -0.294. The minimum Gasteiger partial charge on any atom is -0.490 e.